The molecule has 49 heavy (non-hydrogen) atoms. The summed E-state index contributed by atoms with van der Waals surface area (Å²) in [6.07, 6.45) is 9.65. The molecule has 2 aliphatic rings. The molecule has 0 aliphatic carbocycles. The second-order valence-electron chi connectivity index (χ2n) is 12.9. The lowest BCUT2D eigenvalue weighted by Gasteiger charge is -2.27. The fourth-order valence-electron chi connectivity index (χ4n) is 7.18. The van der Waals surface area contributed by atoms with Gasteiger partial charge in [-0.15, -0.1) is 0 Å². The van der Waals surface area contributed by atoms with Crippen LogP contribution in [0.15, 0.2) is 119 Å². The molecule has 1 unspecified atom stereocenters. The van der Waals surface area contributed by atoms with Crippen molar-refractivity contribution in [3.8, 4) is 22.3 Å². The summed E-state index contributed by atoms with van der Waals surface area (Å²) in [5, 5.41) is 3.54. The van der Waals surface area contributed by atoms with E-state index in [9.17, 15) is 9.59 Å². The predicted molar refractivity (Wildman–Crippen MR) is 189 cm³/mol. The van der Waals surface area contributed by atoms with Crippen molar-refractivity contribution >= 4 is 28.5 Å². The molecular formula is C40H37N5O4. The maximum atomic E-state index is 13.1. The molecule has 2 amide bonds. The summed E-state index contributed by atoms with van der Waals surface area (Å²) in [5.74, 6) is 0.751. The van der Waals surface area contributed by atoms with E-state index in [0.717, 1.165) is 81.7 Å². The van der Waals surface area contributed by atoms with E-state index in [1.807, 2.05) is 15.9 Å². The Hall–Kier alpha value is -5.83. The van der Waals surface area contributed by atoms with Gasteiger partial charge in [-0.05, 0) is 90.8 Å². The molecular weight excluding hydrogens is 614 g/mol. The number of aryl methyl sites for hydroxylation is 1. The number of H-pyrrole nitrogens is 1. The molecule has 246 valence electrons. The number of hydrogen-bond acceptors (Lipinski definition) is 6. The summed E-state index contributed by atoms with van der Waals surface area (Å²) < 4.78 is 10.3. The first-order chi connectivity index (χ1) is 23.9. The molecule has 9 nitrogen and oxygen atoms in total. The number of furan rings is 2. The number of hydrogen-bond donors (Lipinski definition) is 2. The Labute approximate surface area is 284 Å². The summed E-state index contributed by atoms with van der Waals surface area (Å²) in [4.78, 5) is 38.3. The number of benzene rings is 3. The Morgan fingerprint density at radius 3 is 2.10 bits per heavy atom. The van der Waals surface area contributed by atoms with E-state index >= 15 is 0 Å². The van der Waals surface area contributed by atoms with Gasteiger partial charge in [0.1, 0.15) is 18.4 Å². The Morgan fingerprint density at radius 1 is 0.796 bits per heavy atom. The fourth-order valence-corrected chi connectivity index (χ4v) is 7.18. The number of anilines is 1. The van der Waals surface area contributed by atoms with Crippen LogP contribution in [0.4, 0.5) is 5.69 Å². The molecule has 5 heterocycles. The SMILES string of the molecule is C=C(Nc1cc(-c2ccc(-c3ccc4nc([C@@H]5CCCN5C(=O)c5ccoc5)[nH]c4c3)cc2)ccc1C)C1CCCN1C(=O)c1ccoc1. The van der Waals surface area contributed by atoms with E-state index in [4.69, 9.17) is 13.8 Å². The molecule has 3 aromatic heterocycles. The van der Waals surface area contributed by atoms with Crippen LogP contribution in [0.2, 0.25) is 0 Å². The largest absolute Gasteiger partial charge is 0.472 e. The number of imidazole rings is 1. The molecule has 0 bridgehead atoms. The molecule has 2 saturated heterocycles. The van der Waals surface area contributed by atoms with Crippen LogP contribution in [-0.4, -0.2) is 50.7 Å². The second-order valence-corrected chi connectivity index (χ2v) is 12.9. The number of carbonyl (C=O) groups excluding carboxylic acids is 2. The number of nitrogens with zero attached hydrogens (tertiary/aromatic N) is 3. The van der Waals surface area contributed by atoms with E-state index < -0.39 is 0 Å². The first-order valence-corrected chi connectivity index (χ1v) is 16.8. The third-order valence-electron chi connectivity index (χ3n) is 9.87. The zero-order valence-electron chi connectivity index (χ0n) is 27.3. The summed E-state index contributed by atoms with van der Waals surface area (Å²) in [5.41, 5.74) is 10.2. The molecule has 2 aliphatic heterocycles. The number of rotatable bonds is 8. The molecule has 2 atom stereocenters. The van der Waals surface area contributed by atoms with Crippen molar-refractivity contribution in [2.45, 2.75) is 44.7 Å². The summed E-state index contributed by atoms with van der Waals surface area (Å²) >= 11 is 0. The maximum absolute atomic E-state index is 13.1. The highest BCUT2D eigenvalue weighted by atomic mass is 16.3. The van der Waals surface area contributed by atoms with Gasteiger partial charge in [-0.25, -0.2) is 4.98 Å². The number of likely N-dealkylation sites (tertiary alicyclic amines) is 2. The average Bonchev–Trinajstić information content (AvgIpc) is 3.97. The molecule has 2 N–H and O–H groups in total. The maximum Gasteiger partial charge on any atom is 0.257 e. The highest BCUT2D eigenvalue weighted by molar-refractivity contribution is 5.95. The lowest BCUT2D eigenvalue weighted by Crippen LogP contribution is -2.38. The van der Waals surface area contributed by atoms with E-state index in [-0.39, 0.29) is 23.9 Å². The van der Waals surface area contributed by atoms with Gasteiger partial charge in [0.2, 0.25) is 0 Å². The first-order valence-electron chi connectivity index (χ1n) is 16.8. The van der Waals surface area contributed by atoms with Gasteiger partial charge in [0, 0.05) is 24.5 Å². The summed E-state index contributed by atoms with van der Waals surface area (Å²) in [6, 6.07) is 24.4. The second kappa shape index (κ2) is 12.6. The average molecular weight is 652 g/mol. The van der Waals surface area contributed by atoms with Crippen LogP contribution >= 0.6 is 0 Å². The van der Waals surface area contributed by atoms with E-state index in [1.165, 1.54) is 25.1 Å². The molecule has 0 radical (unpaired) electrons. The van der Waals surface area contributed by atoms with Crippen molar-refractivity contribution in [3.05, 3.63) is 133 Å². The molecule has 0 saturated carbocycles. The van der Waals surface area contributed by atoms with Gasteiger partial charge in [-0.2, -0.15) is 0 Å². The van der Waals surface area contributed by atoms with Gasteiger partial charge in [-0.1, -0.05) is 49.0 Å². The molecule has 2 fully saturated rings. The van der Waals surface area contributed by atoms with E-state index in [0.29, 0.717) is 24.2 Å². The van der Waals surface area contributed by atoms with Gasteiger partial charge >= 0.3 is 0 Å². The number of carbonyl (C=O) groups is 2. The summed E-state index contributed by atoms with van der Waals surface area (Å²) in [7, 11) is 0. The highest BCUT2D eigenvalue weighted by Gasteiger charge is 2.34. The monoisotopic (exact) mass is 651 g/mol. The van der Waals surface area contributed by atoms with Crippen LogP contribution < -0.4 is 5.32 Å². The van der Waals surface area contributed by atoms with Crippen molar-refractivity contribution in [1.82, 2.24) is 19.8 Å². The highest BCUT2D eigenvalue weighted by Crippen LogP contribution is 2.35. The molecule has 9 heteroatoms. The van der Waals surface area contributed by atoms with Crippen LogP contribution in [0.1, 0.15) is 63.8 Å². The molecule has 8 rings (SSSR count). The van der Waals surface area contributed by atoms with Crippen LogP contribution in [0.25, 0.3) is 33.3 Å². The van der Waals surface area contributed by atoms with Gasteiger partial charge in [0.05, 0.1) is 46.8 Å². The zero-order valence-corrected chi connectivity index (χ0v) is 27.3. The Balaban J connectivity index is 0.979. The van der Waals surface area contributed by atoms with E-state index in [2.05, 4.69) is 78.4 Å². The molecule has 6 aromatic rings. The Kier molecular flexibility index (Phi) is 7.87. The van der Waals surface area contributed by atoms with Gasteiger partial charge < -0.3 is 28.9 Å². The minimum absolute atomic E-state index is 0.0303. The zero-order chi connectivity index (χ0) is 33.5. The van der Waals surface area contributed by atoms with Gasteiger partial charge in [0.15, 0.2) is 0 Å². The van der Waals surface area contributed by atoms with Crippen LogP contribution in [0, 0.1) is 6.92 Å². The van der Waals surface area contributed by atoms with Crippen LogP contribution in [0.5, 0.6) is 0 Å². The molecule has 0 spiro atoms. The Bertz CT molecular complexity index is 2150. The fraction of sp³-hybridized carbons (Fsp3) is 0.225. The predicted octanol–water partition coefficient (Wildman–Crippen LogP) is 8.60. The van der Waals surface area contributed by atoms with Crippen molar-refractivity contribution in [3.63, 3.8) is 0 Å². The van der Waals surface area contributed by atoms with Crippen LogP contribution in [-0.2, 0) is 0 Å². The number of aromatic nitrogens is 2. The number of fused-ring (bicyclic) bond motifs is 1. The number of amides is 2. The third kappa shape index (κ3) is 5.82. The van der Waals surface area contributed by atoms with Gasteiger partial charge in [-0.3, -0.25) is 9.59 Å². The molecule has 3 aromatic carbocycles. The minimum Gasteiger partial charge on any atom is -0.472 e. The topological polar surface area (TPSA) is 108 Å². The summed E-state index contributed by atoms with van der Waals surface area (Å²) in [6.45, 7) is 7.81. The first kappa shape index (κ1) is 30.5. The lowest BCUT2D eigenvalue weighted by atomic mass is 9.98. The van der Waals surface area contributed by atoms with Crippen LogP contribution in [0.3, 0.4) is 0 Å². The van der Waals surface area contributed by atoms with Gasteiger partial charge in [0.25, 0.3) is 11.8 Å². The minimum atomic E-state index is -0.0923. The standard InChI is InChI=1S/C40H37N5O4/c1-25-7-8-29(21-34(25)41-26(2)36-5-3-17-44(36)39(46)31-15-19-48-23-31)27-9-11-28(12-10-27)30-13-14-33-35(22-30)43-38(42-33)37-6-4-18-45(37)40(47)32-16-20-49-24-32/h7-16,19-24,36-37,41H,2-6,17-18H2,1H3,(H,42,43)/t36?,37-/m0/s1. The normalized spacial score (nSPS) is 17.6. The lowest BCUT2D eigenvalue weighted by molar-refractivity contribution is 0.0727. The van der Waals surface area contributed by atoms with Crippen molar-refractivity contribution < 1.29 is 18.4 Å². The van der Waals surface area contributed by atoms with Crippen molar-refractivity contribution in [2.75, 3.05) is 18.4 Å². The smallest absolute Gasteiger partial charge is 0.257 e. The third-order valence-corrected chi connectivity index (χ3v) is 9.87. The van der Waals surface area contributed by atoms with Crippen molar-refractivity contribution in [1.29, 1.82) is 0 Å². The number of aromatic amines is 1. The Morgan fingerprint density at radius 2 is 1.41 bits per heavy atom. The van der Waals surface area contributed by atoms with E-state index in [1.54, 1.807) is 12.1 Å². The number of nitrogens with one attached hydrogen (secondary N) is 2. The quantitative estimate of drug-likeness (QED) is 0.171. The van der Waals surface area contributed by atoms with Crippen molar-refractivity contribution in [2.24, 2.45) is 0 Å².